The lowest BCUT2D eigenvalue weighted by atomic mass is 10.2. The Kier molecular flexibility index (Phi) is 4.94. The van der Waals surface area contributed by atoms with Crippen LogP contribution >= 0.6 is 46.4 Å². The van der Waals surface area contributed by atoms with Crippen molar-refractivity contribution < 1.29 is 10.2 Å². The van der Waals surface area contributed by atoms with Gasteiger partial charge in [0.25, 0.3) is 0 Å². The predicted octanol–water partition coefficient (Wildman–Crippen LogP) is 2.87. The van der Waals surface area contributed by atoms with Crippen molar-refractivity contribution in [3.05, 3.63) is 25.3 Å². The largest absolute Gasteiger partial charge is 0.626 e. The van der Waals surface area contributed by atoms with Crippen LogP contribution in [-0.4, -0.2) is 43.2 Å². The van der Waals surface area contributed by atoms with Crippen molar-refractivity contribution in [3.63, 3.8) is 0 Å². The van der Waals surface area contributed by atoms with Crippen molar-refractivity contribution in [2.24, 2.45) is 0 Å². The number of rotatable bonds is 4. The highest BCUT2D eigenvalue weighted by Gasteiger charge is 2.42. The first kappa shape index (κ1) is 16.4. The Morgan fingerprint density at radius 1 is 1.00 bits per heavy atom. The van der Waals surface area contributed by atoms with E-state index in [0.717, 1.165) is 0 Å². The number of anilines is 1. The Bertz CT molecular complexity index is 543. The maximum absolute atomic E-state index is 12.9. The monoisotopic (exact) mass is 360 g/mol. The van der Waals surface area contributed by atoms with Crippen LogP contribution in [-0.2, 0) is 0 Å². The molecule has 1 aromatic rings. The van der Waals surface area contributed by atoms with E-state index in [-0.39, 0.29) is 58.7 Å². The highest BCUT2D eigenvalue weighted by Crippen LogP contribution is 2.55. The lowest BCUT2D eigenvalue weighted by Gasteiger charge is -2.38. The molecular weight excluding hydrogens is 350 g/mol. The van der Waals surface area contributed by atoms with Crippen LogP contribution in [0.25, 0.3) is 0 Å². The van der Waals surface area contributed by atoms with Crippen LogP contribution in [0.1, 0.15) is 0 Å². The summed E-state index contributed by atoms with van der Waals surface area (Å²) in [7, 11) is 0. The van der Waals surface area contributed by atoms with E-state index in [1.54, 1.807) is 4.90 Å². The fourth-order valence-corrected chi connectivity index (χ4v) is 3.44. The SMILES string of the molecule is [O-][N+]1(CCO)CN(CCO)c2c(Cl)c(Cl)c(Cl)c(Cl)c21. The van der Waals surface area contributed by atoms with Gasteiger partial charge in [-0.25, -0.2) is 0 Å². The van der Waals surface area contributed by atoms with E-state index in [2.05, 4.69) is 0 Å². The Morgan fingerprint density at radius 2 is 1.60 bits per heavy atom. The third-order valence-corrected chi connectivity index (χ3v) is 4.95. The minimum Gasteiger partial charge on any atom is -0.626 e. The second kappa shape index (κ2) is 6.02. The van der Waals surface area contributed by atoms with Gasteiger partial charge in [-0.3, -0.25) is 0 Å². The number of fused-ring (bicyclic) bond motifs is 1. The molecule has 112 valence electrons. The van der Waals surface area contributed by atoms with Crippen molar-refractivity contribution >= 4 is 57.8 Å². The van der Waals surface area contributed by atoms with Crippen LogP contribution in [0.3, 0.4) is 0 Å². The lowest BCUT2D eigenvalue weighted by Crippen LogP contribution is -2.48. The highest BCUT2D eigenvalue weighted by molar-refractivity contribution is 6.54. The molecule has 1 aliphatic rings. The number of halogens is 4. The number of aliphatic hydroxyl groups is 2. The molecule has 0 aromatic heterocycles. The van der Waals surface area contributed by atoms with E-state index < -0.39 is 4.65 Å². The number of hydrogen-bond acceptors (Lipinski definition) is 4. The Hall–Kier alpha value is 0.0200. The zero-order valence-electron chi connectivity index (χ0n) is 10.2. The smallest absolute Gasteiger partial charge is 0.180 e. The second-order valence-electron chi connectivity index (χ2n) is 4.42. The number of hydrogen-bond donors (Lipinski definition) is 2. The van der Waals surface area contributed by atoms with Crippen molar-refractivity contribution in [1.29, 1.82) is 0 Å². The molecule has 0 spiro atoms. The van der Waals surface area contributed by atoms with Gasteiger partial charge in [0.05, 0.1) is 28.3 Å². The van der Waals surface area contributed by atoms with Gasteiger partial charge in [-0.15, -0.1) is 0 Å². The quantitative estimate of drug-likeness (QED) is 0.374. The molecule has 0 saturated heterocycles. The average molecular weight is 362 g/mol. The van der Waals surface area contributed by atoms with E-state index in [1.165, 1.54) is 0 Å². The summed E-state index contributed by atoms with van der Waals surface area (Å²) in [4.78, 5) is 1.59. The van der Waals surface area contributed by atoms with Gasteiger partial charge in [0.2, 0.25) is 0 Å². The molecule has 1 aromatic carbocycles. The topological polar surface area (TPSA) is 66.8 Å². The van der Waals surface area contributed by atoms with Crippen LogP contribution < -0.4 is 9.55 Å². The van der Waals surface area contributed by atoms with E-state index in [1.807, 2.05) is 0 Å². The van der Waals surface area contributed by atoms with Crippen molar-refractivity contribution in [2.75, 3.05) is 37.9 Å². The van der Waals surface area contributed by atoms with E-state index in [4.69, 9.17) is 56.6 Å². The first-order valence-electron chi connectivity index (χ1n) is 5.78. The summed E-state index contributed by atoms with van der Waals surface area (Å²) >= 11 is 24.3. The zero-order valence-corrected chi connectivity index (χ0v) is 13.3. The van der Waals surface area contributed by atoms with Crippen LogP contribution in [0.15, 0.2) is 0 Å². The van der Waals surface area contributed by atoms with E-state index >= 15 is 0 Å². The van der Waals surface area contributed by atoms with Crippen LogP contribution in [0.2, 0.25) is 20.1 Å². The molecule has 0 amide bonds. The predicted molar refractivity (Wildman–Crippen MR) is 82.9 cm³/mol. The van der Waals surface area contributed by atoms with Crippen LogP contribution in [0, 0.1) is 5.21 Å². The molecule has 0 bridgehead atoms. The molecule has 0 saturated carbocycles. The molecule has 1 unspecified atom stereocenters. The number of quaternary nitrogens is 1. The third-order valence-electron chi connectivity index (χ3n) is 3.17. The molecule has 2 N–H and O–H groups in total. The fourth-order valence-electron chi connectivity index (χ4n) is 2.33. The third kappa shape index (κ3) is 2.46. The van der Waals surface area contributed by atoms with Gasteiger partial charge in [-0.1, -0.05) is 46.4 Å². The summed E-state index contributed by atoms with van der Waals surface area (Å²) in [6.45, 7) is -0.388. The number of benzene rings is 1. The number of nitrogens with zero attached hydrogens (tertiary/aromatic N) is 2. The lowest BCUT2D eigenvalue weighted by molar-refractivity contribution is 0.240. The molecule has 0 radical (unpaired) electrons. The summed E-state index contributed by atoms with van der Waals surface area (Å²) in [5.74, 6) is 0. The number of aliphatic hydroxyl groups excluding tert-OH is 2. The summed E-state index contributed by atoms with van der Waals surface area (Å²) < 4.78 is -0.888. The standard InChI is InChI=1S/C11H12Cl4N2O3/c12-6-7(13)9(15)11-10(8(6)14)16(1-3-18)5-17(11,20)2-4-19/h18-19H,1-5H2. The first-order chi connectivity index (χ1) is 9.37. The Morgan fingerprint density at radius 3 is 2.15 bits per heavy atom. The fraction of sp³-hybridized carbons (Fsp3) is 0.455. The van der Waals surface area contributed by atoms with Gasteiger partial charge in [0.1, 0.15) is 17.3 Å². The maximum Gasteiger partial charge on any atom is 0.180 e. The molecule has 1 heterocycles. The highest BCUT2D eigenvalue weighted by atomic mass is 35.5. The molecule has 0 fully saturated rings. The normalized spacial score (nSPS) is 21.4. The zero-order chi connectivity index (χ0) is 15.1. The van der Waals surface area contributed by atoms with Gasteiger partial charge in [0.15, 0.2) is 12.4 Å². The van der Waals surface area contributed by atoms with Crippen molar-refractivity contribution in [2.45, 2.75) is 0 Å². The Balaban J connectivity index is 2.69. The van der Waals surface area contributed by atoms with Crippen LogP contribution in [0.4, 0.5) is 11.4 Å². The molecule has 0 aliphatic carbocycles. The van der Waals surface area contributed by atoms with Gasteiger partial charge < -0.3 is 25.0 Å². The first-order valence-corrected chi connectivity index (χ1v) is 7.29. The van der Waals surface area contributed by atoms with E-state index in [9.17, 15) is 5.21 Å². The summed E-state index contributed by atoms with van der Waals surface area (Å²) in [6.07, 6.45) is 0. The Labute approximate surface area is 136 Å². The van der Waals surface area contributed by atoms with Crippen molar-refractivity contribution in [1.82, 2.24) is 4.65 Å². The molecule has 9 heteroatoms. The molecule has 2 rings (SSSR count). The molecule has 1 atom stereocenters. The summed E-state index contributed by atoms with van der Waals surface area (Å²) in [5, 5.41) is 31.3. The van der Waals surface area contributed by atoms with E-state index in [0.29, 0.717) is 5.69 Å². The molecule has 5 nitrogen and oxygen atoms in total. The maximum atomic E-state index is 12.9. The number of hydroxylamine groups is 2. The summed E-state index contributed by atoms with van der Waals surface area (Å²) in [6, 6.07) is 0. The van der Waals surface area contributed by atoms with Gasteiger partial charge in [-0.2, -0.15) is 0 Å². The molecule has 1 aliphatic heterocycles. The minimum atomic E-state index is -0.888. The average Bonchev–Trinajstić information content (AvgIpc) is 2.67. The summed E-state index contributed by atoms with van der Waals surface area (Å²) in [5.41, 5.74) is 0.539. The van der Waals surface area contributed by atoms with Gasteiger partial charge in [0, 0.05) is 6.54 Å². The molecular formula is C11H12Cl4N2O3. The van der Waals surface area contributed by atoms with Crippen molar-refractivity contribution in [3.8, 4) is 0 Å². The second-order valence-corrected chi connectivity index (χ2v) is 5.93. The van der Waals surface area contributed by atoms with Gasteiger partial charge in [-0.05, 0) is 0 Å². The minimum absolute atomic E-state index is 0.0132. The van der Waals surface area contributed by atoms with Gasteiger partial charge >= 0.3 is 0 Å². The molecule has 20 heavy (non-hydrogen) atoms. The number of β-amino-alcohol motifs (C(OH)–C–C–N with tert-alkyl or cyclic N) is 1. The van der Waals surface area contributed by atoms with Crippen LogP contribution in [0.5, 0.6) is 0 Å².